The minimum Gasteiger partial charge on any atom is -0.345 e. The van der Waals surface area contributed by atoms with Crippen molar-refractivity contribution in [1.82, 2.24) is 4.90 Å². The number of amides is 1. The molecule has 0 aliphatic rings. The topological polar surface area (TPSA) is 46.3 Å². The first-order valence-corrected chi connectivity index (χ1v) is 5.99. The Morgan fingerprint density at radius 1 is 1.33 bits per heavy atom. The predicted octanol–water partition coefficient (Wildman–Crippen LogP) is 1.87. The number of hydrogen-bond donors (Lipinski definition) is 1. The number of nitrogens with zero attached hydrogens (tertiary/aromatic N) is 1. The van der Waals surface area contributed by atoms with Crippen LogP contribution >= 0.6 is 0 Å². The van der Waals surface area contributed by atoms with Crippen LogP contribution in [0.4, 0.5) is 0 Å². The molecule has 0 aromatic rings. The summed E-state index contributed by atoms with van der Waals surface area (Å²) in [6, 6.07) is 0. The molecule has 0 aliphatic heterocycles. The molecule has 1 atom stereocenters. The molecule has 3 nitrogen and oxygen atoms in total. The summed E-state index contributed by atoms with van der Waals surface area (Å²) in [7, 11) is 1.88. The standard InChI is InChI=1S/C12H26N2O/c1-5-6-7-8-14(4)12(15)11(9-13)10(2)3/h10-11H,5-9,13H2,1-4H3. The quantitative estimate of drug-likeness (QED) is 0.658. The Labute approximate surface area is 94.0 Å². The van der Waals surface area contributed by atoms with Gasteiger partial charge in [-0.1, -0.05) is 33.6 Å². The molecule has 3 heteroatoms. The summed E-state index contributed by atoms with van der Waals surface area (Å²) >= 11 is 0. The van der Waals surface area contributed by atoms with E-state index in [0.29, 0.717) is 12.5 Å². The summed E-state index contributed by atoms with van der Waals surface area (Å²) in [5, 5.41) is 0. The fourth-order valence-corrected chi connectivity index (χ4v) is 1.65. The van der Waals surface area contributed by atoms with Crippen molar-refractivity contribution in [2.24, 2.45) is 17.6 Å². The second kappa shape index (κ2) is 7.69. The van der Waals surface area contributed by atoms with E-state index < -0.39 is 0 Å². The van der Waals surface area contributed by atoms with Crippen molar-refractivity contribution in [3.63, 3.8) is 0 Å². The fraction of sp³-hybridized carbons (Fsp3) is 0.917. The van der Waals surface area contributed by atoms with Crippen LogP contribution in [0.5, 0.6) is 0 Å². The third kappa shape index (κ3) is 5.17. The van der Waals surface area contributed by atoms with E-state index in [4.69, 9.17) is 5.73 Å². The van der Waals surface area contributed by atoms with Gasteiger partial charge in [0.2, 0.25) is 5.91 Å². The Kier molecular flexibility index (Phi) is 7.39. The largest absolute Gasteiger partial charge is 0.345 e. The highest BCUT2D eigenvalue weighted by Crippen LogP contribution is 2.12. The number of carbonyl (C=O) groups excluding carboxylic acids is 1. The average molecular weight is 214 g/mol. The Morgan fingerprint density at radius 3 is 2.33 bits per heavy atom. The van der Waals surface area contributed by atoms with Crippen molar-refractivity contribution in [3.05, 3.63) is 0 Å². The van der Waals surface area contributed by atoms with Gasteiger partial charge in [0.05, 0.1) is 5.92 Å². The van der Waals surface area contributed by atoms with Crippen LogP contribution in [-0.4, -0.2) is 30.9 Å². The van der Waals surface area contributed by atoms with Gasteiger partial charge in [0, 0.05) is 20.1 Å². The highest BCUT2D eigenvalue weighted by Gasteiger charge is 2.23. The van der Waals surface area contributed by atoms with Gasteiger partial charge in [0.1, 0.15) is 0 Å². The fourth-order valence-electron chi connectivity index (χ4n) is 1.65. The molecular weight excluding hydrogens is 188 g/mol. The SMILES string of the molecule is CCCCCN(C)C(=O)C(CN)C(C)C. The lowest BCUT2D eigenvalue weighted by Gasteiger charge is -2.25. The van der Waals surface area contributed by atoms with Crippen molar-refractivity contribution in [2.45, 2.75) is 40.0 Å². The minimum atomic E-state index is -0.0170. The molecule has 0 radical (unpaired) electrons. The summed E-state index contributed by atoms with van der Waals surface area (Å²) < 4.78 is 0. The molecular formula is C12H26N2O. The van der Waals surface area contributed by atoms with Crippen LogP contribution in [0, 0.1) is 11.8 Å². The van der Waals surface area contributed by atoms with E-state index >= 15 is 0 Å². The van der Waals surface area contributed by atoms with Crippen molar-refractivity contribution >= 4 is 5.91 Å². The summed E-state index contributed by atoms with van der Waals surface area (Å²) in [6.45, 7) is 7.58. The summed E-state index contributed by atoms with van der Waals surface area (Å²) in [5.41, 5.74) is 5.62. The number of unbranched alkanes of at least 4 members (excludes halogenated alkanes) is 2. The zero-order valence-electron chi connectivity index (χ0n) is 10.6. The molecule has 0 aromatic heterocycles. The zero-order chi connectivity index (χ0) is 11.8. The Morgan fingerprint density at radius 2 is 1.93 bits per heavy atom. The van der Waals surface area contributed by atoms with E-state index in [1.165, 1.54) is 12.8 Å². The molecule has 0 bridgehead atoms. The van der Waals surface area contributed by atoms with Gasteiger partial charge in [0.15, 0.2) is 0 Å². The van der Waals surface area contributed by atoms with Crippen molar-refractivity contribution in [3.8, 4) is 0 Å². The number of carbonyl (C=O) groups is 1. The van der Waals surface area contributed by atoms with E-state index in [2.05, 4.69) is 20.8 Å². The van der Waals surface area contributed by atoms with E-state index in [-0.39, 0.29) is 11.8 Å². The zero-order valence-corrected chi connectivity index (χ0v) is 10.6. The molecule has 0 saturated heterocycles. The Hall–Kier alpha value is -0.570. The lowest BCUT2D eigenvalue weighted by Crippen LogP contribution is -2.39. The van der Waals surface area contributed by atoms with Gasteiger partial charge < -0.3 is 10.6 Å². The molecule has 1 amide bonds. The maximum atomic E-state index is 12.0. The van der Waals surface area contributed by atoms with Gasteiger partial charge in [-0.15, -0.1) is 0 Å². The van der Waals surface area contributed by atoms with Crippen LogP contribution in [0.25, 0.3) is 0 Å². The van der Waals surface area contributed by atoms with E-state index in [0.717, 1.165) is 13.0 Å². The highest BCUT2D eigenvalue weighted by molar-refractivity contribution is 5.79. The molecule has 0 aliphatic carbocycles. The van der Waals surface area contributed by atoms with Crippen LogP contribution in [0.3, 0.4) is 0 Å². The molecule has 15 heavy (non-hydrogen) atoms. The van der Waals surface area contributed by atoms with Crippen molar-refractivity contribution < 1.29 is 4.79 Å². The van der Waals surface area contributed by atoms with Gasteiger partial charge in [-0.2, -0.15) is 0 Å². The molecule has 0 spiro atoms. The lowest BCUT2D eigenvalue weighted by molar-refractivity contribution is -0.135. The van der Waals surface area contributed by atoms with Crippen LogP contribution < -0.4 is 5.73 Å². The van der Waals surface area contributed by atoms with Gasteiger partial charge in [-0.25, -0.2) is 0 Å². The first-order chi connectivity index (χ1) is 7.04. The number of nitrogens with two attached hydrogens (primary N) is 1. The van der Waals surface area contributed by atoms with Crippen LogP contribution in [0.15, 0.2) is 0 Å². The van der Waals surface area contributed by atoms with Gasteiger partial charge in [-0.3, -0.25) is 4.79 Å². The summed E-state index contributed by atoms with van der Waals surface area (Å²) in [5.74, 6) is 0.511. The second-order valence-electron chi connectivity index (χ2n) is 4.55. The third-order valence-corrected chi connectivity index (χ3v) is 2.85. The van der Waals surface area contributed by atoms with E-state index in [9.17, 15) is 4.79 Å². The number of rotatable bonds is 7. The predicted molar refractivity (Wildman–Crippen MR) is 64.5 cm³/mol. The maximum Gasteiger partial charge on any atom is 0.226 e. The maximum absolute atomic E-state index is 12.0. The monoisotopic (exact) mass is 214 g/mol. The lowest BCUT2D eigenvalue weighted by atomic mass is 9.94. The summed E-state index contributed by atoms with van der Waals surface area (Å²) in [4.78, 5) is 13.8. The van der Waals surface area contributed by atoms with Gasteiger partial charge in [-0.05, 0) is 12.3 Å². The van der Waals surface area contributed by atoms with Gasteiger partial charge >= 0.3 is 0 Å². The average Bonchev–Trinajstić information content (AvgIpc) is 2.18. The van der Waals surface area contributed by atoms with E-state index in [1.54, 1.807) is 0 Å². The first kappa shape index (κ1) is 14.4. The molecule has 2 N–H and O–H groups in total. The van der Waals surface area contributed by atoms with Gasteiger partial charge in [0.25, 0.3) is 0 Å². The smallest absolute Gasteiger partial charge is 0.226 e. The number of hydrogen-bond acceptors (Lipinski definition) is 2. The molecule has 0 fully saturated rings. The molecule has 0 aromatic carbocycles. The molecule has 1 unspecified atom stereocenters. The van der Waals surface area contributed by atoms with Crippen LogP contribution in [0.2, 0.25) is 0 Å². The normalized spacial score (nSPS) is 12.9. The molecule has 0 saturated carbocycles. The molecule has 0 heterocycles. The second-order valence-corrected chi connectivity index (χ2v) is 4.55. The third-order valence-electron chi connectivity index (χ3n) is 2.85. The van der Waals surface area contributed by atoms with Crippen molar-refractivity contribution in [1.29, 1.82) is 0 Å². The van der Waals surface area contributed by atoms with Crippen LogP contribution in [0.1, 0.15) is 40.0 Å². The first-order valence-electron chi connectivity index (χ1n) is 5.99. The molecule has 0 rings (SSSR count). The molecule has 90 valence electrons. The summed E-state index contributed by atoms with van der Waals surface area (Å²) in [6.07, 6.45) is 3.47. The minimum absolute atomic E-state index is 0.0170. The van der Waals surface area contributed by atoms with Crippen LogP contribution in [-0.2, 0) is 4.79 Å². The van der Waals surface area contributed by atoms with Crippen molar-refractivity contribution in [2.75, 3.05) is 20.1 Å². The Bertz CT molecular complexity index is 180. The van der Waals surface area contributed by atoms with E-state index in [1.807, 2.05) is 11.9 Å². The highest BCUT2D eigenvalue weighted by atomic mass is 16.2. The Balaban J connectivity index is 4.05.